The molecular formula is C25H33N7O6. The van der Waals surface area contributed by atoms with Crippen molar-refractivity contribution in [2.75, 3.05) is 19.6 Å². The molecule has 3 unspecified atom stereocenters. The van der Waals surface area contributed by atoms with Crippen LogP contribution in [-0.4, -0.2) is 83.8 Å². The third-order valence-corrected chi connectivity index (χ3v) is 6.12. The Bertz CT molecular complexity index is 1120. The molecule has 6 N–H and O–H groups in total. The van der Waals surface area contributed by atoms with Crippen molar-refractivity contribution >= 4 is 35.4 Å². The summed E-state index contributed by atoms with van der Waals surface area (Å²) in [5.74, 6) is -3.12. The lowest BCUT2D eigenvalue weighted by atomic mass is 10.0. The van der Waals surface area contributed by atoms with E-state index < -0.39 is 47.4 Å². The molecule has 0 radical (unpaired) electrons. The topological polar surface area (TPSA) is 178 Å². The van der Waals surface area contributed by atoms with E-state index in [0.29, 0.717) is 0 Å². The minimum Gasteiger partial charge on any atom is -0.352 e. The summed E-state index contributed by atoms with van der Waals surface area (Å²) in [6, 6.07) is 5.97. The summed E-state index contributed by atoms with van der Waals surface area (Å²) >= 11 is 0. The number of hydrogen-bond acceptors (Lipinski definition) is 7. The highest BCUT2D eigenvalue weighted by molar-refractivity contribution is 5.96. The number of carbonyl (C=O) groups is 6. The predicted molar refractivity (Wildman–Crippen MR) is 136 cm³/mol. The Morgan fingerprint density at radius 1 is 1.05 bits per heavy atom. The zero-order valence-electron chi connectivity index (χ0n) is 21.5. The second-order valence-corrected chi connectivity index (χ2v) is 9.58. The van der Waals surface area contributed by atoms with E-state index in [2.05, 4.69) is 31.9 Å². The number of hydrogen-bond donors (Lipinski definition) is 6. The molecule has 0 saturated carbocycles. The molecule has 2 bridgehead atoms. The summed E-state index contributed by atoms with van der Waals surface area (Å²) in [4.78, 5) is 76.8. The molecular weight excluding hydrogens is 494 g/mol. The second-order valence-electron chi connectivity index (χ2n) is 9.58. The highest BCUT2D eigenvalue weighted by Gasteiger charge is 2.45. The van der Waals surface area contributed by atoms with Crippen molar-refractivity contribution in [3.8, 4) is 0 Å². The number of carbonyl (C=O) groups excluding carboxylic acids is 6. The molecule has 38 heavy (non-hydrogen) atoms. The molecule has 0 aliphatic carbocycles. The zero-order chi connectivity index (χ0) is 27.9. The number of fused-ring (bicyclic) bond motifs is 2. The molecule has 2 fully saturated rings. The van der Waals surface area contributed by atoms with Crippen molar-refractivity contribution < 1.29 is 28.8 Å². The van der Waals surface area contributed by atoms with Gasteiger partial charge >= 0.3 is 0 Å². The van der Waals surface area contributed by atoms with Crippen molar-refractivity contribution in [1.29, 1.82) is 0 Å². The van der Waals surface area contributed by atoms with E-state index in [1.807, 2.05) is 6.07 Å². The van der Waals surface area contributed by atoms with E-state index in [4.69, 9.17) is 0 Å². The van der Waals surface area contributed by atoms with Crippen molar-refractivity contribution in [1.82, 2.24) is 36.8 Å². The summed E-state index contributed by atoms with van der Waals surface area (Å²) in [6.07, 6.45) is 2.35. The van der Waals surface area contributed by atoms with Crippen molar-refractivity contribution in [2.45, 2.75) is 51.0 Å². The van der Waals surface area contributed by atoms with Crippen LogP contribution < -0.4 is 31.9 Å². The van der Waals surface area contributed by atoms with Gasteiger partial charge in [0.05, 0.1) is 5.66 Å². The minimum absolute atomic E-state index is 0.0879. The molecule has 0 aromatic heterocycles. The van der Waals surface area contributed by atoms with E-state index >= 15 is 0 Å². The van der Waals surface area contributed by atoms with E-state index in [1.54, 1.807) is 38.1 Å². The first kappa shape index (κ1) is 28.3. The maximum atomic E-state index is 13.3. The molecule has 2 heterocycles. The van der Waals surface area contributed by atoms with Crippen LogP contribution in [0.3, 0.4) is 0 Å². The van der Waals surface area contributed by atoms with Crippen LogP contribution in [0.15, 0.2) is 42.6 Å². The molecule has 2 aliphatic heterocycles. The largest absolute Gasteiger partial charge is 0.352 e. The van der Waals surface area contributed by atoms with Crippen LogP contribution in [0.5, 0.6) is 0 Å². The number of nitrogens with zero attached hydrogens (tertiary/aromatic N) is 1. The fourth-order valence-corrected chi connectivity index (χ4v) is 4.19. The molecule has 3 atom stereocenters. The summed E-state index contributed by atoms with van der Waals surface area (Å²) in [5, 5.41) is 15.9. The van der Waals surface area contributed by atoms with Crippen LogP contribution in [-0.2, 0) is 35.2 Å². The van der Waals surface area contributed by atoms with Gasteiger partial charge in [-0.05, 0) is 19.4 Å². The van der Waals surface area contributed by atoms with Gasteiger partial charge in [-0.2, -0.15) is 0 Å². The molecule has 1 aromatic rings. The molecule has 0 spiro atoms. The highest BCUT2D eigenvalue weighted by atomic mass is 16.2. The third-order valence-electron chi connectivity index (χ3n) is 6.12. The van der Waals surface area contributed by atoms with E-state index in [0.717, 1.165) is 17.8 Å². The lowest BCUT2D eigenvalue weighted by Crippen LogP contribution is -2.59. The number of benzene rings is 1. The number of amides is 6. The molecule has 13 heteroatoms. The van der Waals surface area contributed by atoms with Gasteiger partial charge in [-0.25, -0.2) is 0 Å². The van der Waals surface area contributed by atoms with Crippen LogP contribution in [0.4, 0.5) is 0 Å². The summed E-state index contributed by atoms with van der Waals surface area (Å²) in [7, 11) is 0. The van der Waals surface area contributed by atoms with Crippen molar-refractivity contribution in [3.63, 3.8) is 0 Å². The zero-order valence-corrected chi connectivity index (χ0v) is 21.5. The Labute approximate surface area is 220 Å². The fraction of sp³-hybridized carbons (Fsp3) is 0.440. The first-order valence-corrected chi connectivity index (χ1v) is 12.2. The van der Waals surface area contributed by atoms with Crippen LogP contribution >= 0.6 is 0 Å². The third kappa shape index (κ3) is 7.62. The minimum atomic E-state index is -1.21. The fourth-order valence-electron chi connectivity index (χ4n) is 4.19. The lowest BCUT2D eigenvalue weighted by Gasteiger charge is -2.31. The lowest BCUT2D eigenvalue weighted by molar-refractivity contribution is -0.137. The maximum absolute atomic E-state index is 13.3. The SMILES string of the molecule is CC(=O)NC=CC(=O)NCC1NC(=O)C(Cc2ccccc2)NC(=O)CN2C(=O)C(CNC1=O)NC2(C)C. The Morgan fingerprint density at radius 3 is 2.45 bits per heavy atom. The average Bonchev–Trinajstić information content (AvgIpc) is 3.07. The molecule has 3 rings (SSSR count). The van der Waals surface area contributed by atoms with Crippen LogP contribution in [0.25, 0.3) is 0 Å². The van der Waals surface area contributed by atoms with Crippen molar-refractivity contribution in [3.05, 3.63) is 48.2 Å². The van der Waals surface area contributed by atoms with Gasteiger partial charge in [-0.15, -0.1) is 0 Å². The van der Waals surface area contributed by atoms with E-state index in [-0.39, 0.29) is 37.9 Å². The maximum Gasteiger partial charge on any atom is 0.245 e. The van der Waals surface area contributed by atoms with Gasteiger partial charge in [0.25, 0.3) is 0 Å². The molecule has 2 aliphatic rings. The monoisotopic (exact) mass is 527 g/mol. The van der Waals surface area contributed by atoms with Gasteiger partial charge in [-0.1, -0.05) is 30.3 Å². The van der Waals surface area contributed by atoms with E-state index in [9.17, 15) is 28.8 Å². The standard InChI is InChI=1S/C25H33N7O6/c1-15(33)26-10-9-20(34)27-12-18-22(36)28-13-19-24(38)32(25(2,3)31-19)14-21(35)29-17(23(37)30-18)11-16-7-5-4-6-8-16/h4-10,17-19,31H,11-14H2,1-3H3,(H,26,33)(H,27,34)(H,28,36)(H,29,35)(H,30,37). The Hall–Kier alpha value is -4.26. The summed E-state index contributed by atoms with van der Waals surface area (Å²) in [6.45, 7) is 4.12. The molecule has 2 saturated heterocycles. The smallest absolute Gasteiger partial charge is 0.245 e. The molecule has 13 nitrogen and oxygen atoms in total. The molecule has 1 aromatic carbocycles. The molecule has 6 amide bonds. The highest BCUT2D eigenvalue weighted by Crippen LogP contribution is 2.20. The quantitative estimate of drug-likeness (QED) is 0.224. The second kappa shape index (κ2) is 12.3. The normalized spacial score (nSPS) is 23.9. The van der Waals surface area contributed by atoms with Gasteiger partial charge in [0.1, 0.15) is 24.7 Å². The van der Waals surface area contributed by atoms with Crippen LogP contribution in [0.1, 0.15) is 26.3 Å². The predicted octanol–water partition coefficient (Wildman–Crippen LogP) is -2.37. The van der Waals surface area contributed by atoms with Gasteiger partial charge in [-0.3, -0.25) is 34.1 Å². The first-order valence-electron chi connectivity index (χ1n) is 12.2. The summed E-state index contributed by atoms with van der Waals surface area (Å²) < 4.78 is 0. The Morgan fingerprint density at radius 2 is 1.76 bits per heavy atom. The average molecular weight is 528 g/mol. The van der Waals surface area contributed by atoms with Gasteiger partial charge in [0.15, 0.2) is 0 Å². The Kier molecular flexibility index (Phi) is 9.18. The van der Waals surface area contributed by atoms with Crippen molar-refractivity contribution in [2.24, 2.45) is 0 Å². The number of rotatable bonds is 6. The van der Waals surface area contributed by atoms with Crippen LogP contribution in [0.2, 0.25) is 0 Å². The van der Waals surface area contributed by atoms with Gasteiger partial charge < -0.3 is 31.5 Å². The Balaban J connectivity index is 1.84. The summed E-state index contributed by atoms with van der Waals surface area (Å²) in [5.41, 5.74) is -0.0902. The van der Waals surface area contributed by atoms with Crippen LogP contribution in [0, 0.1) is 0 Å². The first-order chi connectivity index (χ1) is 18.0. The number of nitrogens with one attached hydrogen (secondary N) is 6. The van der Waals surface area contributed by atoms with Gasteiger partial charge in [0.2, 0.25) is 35.4 Å². The van der Waals surface area contributed by atoms with E-state index in [1.165, 1.54) is 11.8 Å². The molecule has 204 valence electrons. The van der Waals surface area contributed by atoms with Gasteiger partial charge in [0, 0.05) is 38.7 Å².